The van der Waals surface area contributed by atoms with Crippen LogP contribution in [0.1, 0.15) is 21.6 Å². The van der Waals surface area contributed by atoms with Crippen molar-refractivity contribution in [2.75, 3.05) is 13.1 Å². The van der Waals surface area contributed by atoms with Gasteiger partial charge in [0.1, 0.15) is 0 Å². The smallest absolute Gasteiger partial charge is 0.254 e. The Labute approximate surface area is 124 Å². The maximum Gasteiger partial charge on any atom is 0.254 e. The number of hydrogen-bond acceptors (Lipinski definition) is 3. The topological polar surface area (TPSA) is 72.9 Å². The van der Waals surface area contributed by atoms with E-state index in [1.807, 2.05) is 41.9 Å². The van der Waals surface area contributed by atoms with Crippen molar-refractivity contribution in [2.24, 2.45) is 5.73 Å². The molecular weight excluding hydrogens is 276 g/mol. The van der Waals surface area contributed by atoms with Crippen LogP contribution in [-0.2, 0) is 6.54 Å². The van der Waals surface area contributed by atoms with Crippen LogP contribution in [0.15, 0.2) is 36.5 Å². The number of nitrogens with zero attached hydrogens (tertiary/aromatic N) is 2. The third-order valence-corrected chi connectivity index (χ3v) is 2.95. The van der Waals surface area contributed by atoms with E-state index in [2.05, 4.69) is 10.4 Å². The van der Waals surface area contributed by atoms with Gasteiger partial charge in [0.25, 0.3) is 5.91 Å². The molecule has 0 unspecified atom stereocenters. The summed E-state index contributed by atoms with van der Waals surface area (Å²) in [7, 11) is 0. The average Bonchev–Trinajstić information content (AvgIpc) is 2.79. The van der Waals surface area contributed by atoms with Crippen molar-refractivity contribution in [1.82, 2.24) is 15.1 Å². The fourth-order valence-electron chi connectivity index (χ4n) is 1.87. The van der Waals surface area contributed by atoms with E-state index in [0.29, 0.717) is 25.2 Å². The van der Waals surface area contributed by atoms with E-state index in [4.69, 9.17) is 5.73 Å². The number of amides is 1. The lowest BCUT2D eigenvalue weighted by Gasteiger charge is -2.06. The Balaban J connectivity index is 0.00000200. The SMILES string of the molecule is Cc1c(C(=O)NCCN)cnn1Cc1ccccc1.Cl. The molecule has 20 heavy (non-hydrogen) atoms. The van der Waals surface area contributed by atoms with E-state index in [1.54, 1.807) is 6.20 Å². The van der Waals surface area contributed by atoms with Crippen LogP contribution in [0.2, 0.25) is 0 Å². The first-order chi connectivity index (χ1) is 9.22. The van der Waals surface area contributed by atoms with E-state index in [9.17, 15) is 4.79 Å². The molecule has 0 saturated heterocycles. The molecule has 0 spiro atoms. The predicted molar refractivity (Wildman–Crippen MR) is 81.1 cm³/mol. The molecule has 3 N–H and O–H groups in total. The van der Waals surface area contributed by atoms with Crippen LogP contribution in [-0.4, -0.2) is 28.8 Å². The van der Waals surface area contributed by atoms with Crippen molar-refractivity contribution < 1.29 is 4.79 Å². The van der Waals surface area contributed by atoms with Gasteiger partial charge in [0.2, 0.25) is 0 Å². The lowest BCUT2D eigenvalue weighted by atomic mass is 10.2. The third kappa shape index (κ3) is 3.82. The highest BCUT2D eigenvalue weighted by molar-refractivity contribution is 5.95. The van der Waals surface area contributed by atoms with Gasteiger partial charge in [-0.25, -0.2) is 0 Å². The molecule has 0 aliphatic carbocycles. The summed E-state index contributed by atoms with van der Waals surface area (Å²) in [5.41, 5.74) is 7.98. The maximum atomic E-state index is 11.9. The van der Waals surface area contributed by atoms with Gasteiger partial charge in [-0.1, -0.05) is 30.3 Å². The van der Waals surface area contributed by atoms with Gasteiger partial charge >= 0.3 is 0 Å². The van der Waals surface area contributed by atoms with Crippen molar-refractivity contribution >= 4 is 18.3 Å². The Bertz CT molecular complexity index is 554. The van der Waals surface area contributed by atoms with Crippen LogP contribution in [0.25, 0.3) is 0 Å². The Morgan fingerprint density at radius 1 is 1.35 bits per heavy atom. The van der Waals surface area contributed by atoms with Crippen LogP contribution >= 0.6 is 12.4 Å². The standard InChI is InChI=1S/C14H18N4O.ClH/c1-11-13(14(19)16-8-7-15)9-17-18(11)10-12-5-3-2-4-6-12;/h2-6,9H,7-8,10,15H2,1H3,(H,16,19);1H. The van der Waals surface area contributed by atoms with Gasteiger partial charge in [-0.3, -0.25) is 9.48 Å². The van der Waals surface area contributed by atoms with Gasteiger partial charge in [-0.2, -0.15) is 5.10 Å². The molecule has 1 aromatic heterocycles. The summed E-state index contributed by atoms with van der Waals surface area (Å²) in [4.78, 5) is 11.9. The summed E-state index contributed by atoms with van der Waals surface area (Å²) < 4.78 is 1.83. The second-order valence-electron chi connectivity index (χ2n) is 4.33. The number of rotatable bonds is 5. The molecule has 1 amide bonds. The van der Waals surface area contributed by atoms with Gasteiger partial charge in [0, 0.05) is 18.8 Å². The van der Waals surface area contributed by atoms with Gasteiger partial charge in [0.05, 0.1) is 18.3 Å². The van der Waals surface area contributed by atoms with Crippen molar-refractivity contribution in [3.63, 3.8) is 0 Å². The second-order valence-corrected chi connectivity index (χ2v) is 4.33. The fourth-order valence-corrected chi connectivity index (χ4v) is 1.87. The third-order valence-electron chi connectivity index (χ3n) is 2.95. The highest BCUT2D eigenvalue weighted by atomic mass is 35.5. The molecule has 2 rings (SSSR count). The van der Waals surface area contributed by atoms with Crippen molar-refractivity contribution in [3.05, 3.63) is 53.3 Å². The van der Waals surface area contributed by atoms with Crippen molar-refractivity contribution in [1.29, 1.82) is 0 Å². The molecule has 0 fully saturated rings. The lowest BCUT2D eigenvalue weighted by molar-refractivity contribution is 0.0954. The number of benzene rings is 1. The Morgan fingerprint density at radius 2 is 2.05 bits per heavy atom. The number of nitrogens with one attached hydrogen (secondary N) is 1. The van der Waals surface area contributed by atoms with Crippen LogP contribution in [0.4, 0.5) is 0 Å². The number of carbonyl (C=O) groups excluding carboxylic acids is 1. The van der Waals surface area contributed by atoms with Gasteiger partial charge in [0.15, 0.2) is 0 Å². The van der Waals surface area contributed by atoms with E-state index in [-0.39, 0.29) is 18.3 Å². The second kappa shape index (κ2) is 7.67. The van der Waals surface area contributed by atoms with Crippen LogP contribution in [0.5, 0.6) is 0 Å². The van der Waals surface area contributed by atoms with E-state index >= 15 is 0 Å². The number of aromatic nitrogens is 2. The van der Waals surface area contributed by atoms with Gasteiger partial charge in [-0.15, -0.1) is 12.4 Å². The molecule has 0 radical (unpaired) electrons. The molecule has 108 valence electrons. The molecule has 6 heteroatoms. The summed E-state index contributed by atoms with van der Waals surface area (Å²) in [6.45, 7) is 3.47. The zero-order valence-corrected chi connectivity index (χ0v) is 12.2. The average molecular weight is 295 g/mol. The lowest BCUT2D eigenvalue weighted by Crippen LogP contribution is -2.29. The molecule has 0 bridgehead atoms. The minimum absolute atomic E-state index is 0. The number of halogens is 1. The zero-order valence-electron chi connectivity index (χ0n) is 11.4. The predicted octanol–water partition coefficient (Wildman–Crippen LogP) is 1.35. The molecule has 1 heterocycles. The Kier molecular flexibility index (Phi) is 6.21. The minimum Gasteiger partial charge on any atom is -0.351 e. The van der Waals surface area contributed by atoms with E-state index in [1.165, 1.54) is 0 Å². The Morgan fingerprint density at radius 3 is 2.70 bits per heavy atom. The summed E-state index contributed by atoms with van der Waals surface area (Å²) in [6, 6.07) is 10.0. The summed E-state index contributed by atoms with van der Waals surface area (Å²) in [5, 5.41) is 7.01. The van der Waals surface area contributed by atoms with Crippen LogP contribution < -0.4 is 11.1 Å². The van der Waals surface area contributed by atoms with Gasteiger partial charge in [-0.05, 0) is 12.5 Å². The molecule has 0 saturated carbocycles. The molecule has 5 nitrogen and oxygen atoms in total. The van der Waals surface area contributed by atoms with Crippen molar-refractivity contribution in [2.45, 2.75) is 13.5 Å². The minimum atomic E-state index is -0.123. The summed E-state index contributed by atoms with van der Waals surface area (Å²) >= 11 is 0. The van der Waals surface area contributed by atoms with Crippen LogP contribution in [0.3, 0.4) is 0 Å². The summed E-state index contributed by atoms with van der Waals surface area (Å²) in [6.07, 6.45) is 1.60. The zero-order chi connectivity index (χ0) is 13.7. The first-order valence-corrected chi connectivity index (χ1v) is 6.27. The molecule has 0 aliphatic rings. The Hall–Kier alpha value is -1.85. The molecule has 0 atom stereocenters. The number of hydrogen-bond donors (Lipinski definition) is 2. The summed E-state index contributed by atoms with van der Waals surface area (Å²) in [5.74, 6) is -0.123. The maximum absolute atomic E-state index is 11.9. The van der Waals surface area contributed by atoms with Crippen LogP contribution in [0, 0.1) is 6.92 Å². The largest absolute Gasteiger partial charge is 0.351 e. The first kappa shape index (κ1) is 16.2. The highest BCUT2D eigenvalue weighted by Gasteiger charge is 2.13. The van der Waals surface area contributed by atoms with Gasteiger partial charge < -0.3 is 11.1 Å². The molecule has 0 aliphatic heterocycles. The molecule has 1 aromatic carbocycles. The normalized spacial score (nSPS) is 9.90. The first-order valence-electron chi connectivity index (χ1n) is 6.27. The highest BCUT2D eigenvalue weighted by Crippen LogP contribution is 2.10. The number of nitrogens with two attached hydrogens (primary N) is 1. The number of carbonyl (C=O) groups is 1. The fraction of sp³-hybridized carbons (Fsp3) is 0.286. The monoisotopic (exact) mass is 294 g/mol. The van der Waals surface area contributed by atoms with E-state index in [0.717, 1.165) is 11.3 Å². The quantitative estimate of drug-likeness (QED) is 0.874. The van der Waals surface area contributed by atoms with Crippen molar-refractivity contribution in [3.8, 4) is 0 Å². The molecule has 2 aromatic rings. The van der Waals surface area contributed by atoms with E-state index < -0.39 is 0 Å². The molecular formula is C14H19ClN4O.